The quantitative estimate of drug-likeness (QED) is 0.807. The van der Waals surface area contributed by atoms with Gasteiger partial charge >= 0.3 is 0 Å². The maximum atomic E-state index is 8.98. The lowest BCUT2D eigenvalue weighted by atomic mass is 9.70. The fourth-order valence-electron chi connectivity index (χ4n) is 2.85. The van der Waals surface area contributed by atoms with E-state index in [1.807, 2.05) is 18.2 Å². The van der Waals surface area contributed by atoms with E-state index in [-0.39, 0.29) is 0 Å². The molecule has 0 bridgehead atoms. The highest BCUT2D eigenvalue weighted by molar-refractivity contribution is 9.09. The van der Waals surface area contributed by atoms with Gasteiger partial charge in [0.2, 0.25) is 0 Å². The van der Waals surface area contributed by atoms with Crippen LogP contribution in [-0.4, -0.2) is 14.9 Å². The molecule has 0 radical (unpaired) electrons. The first-order valence-electron chi connectivity index (χ1n) is 6.65. The Balaban J connectivity index is 2.05. The zero-order valence-electron chi connectivity index (χ0n) is 10.8. The number of nitrogens with zero attached hydrogens (tertiary/aromatic N) is 3. The minimum absolute atomic E-state index is 0.355. The van der Waals surface area contributed by atoms with Crippen molar-refractivity contribution in [2.75, 3.05) is 5.33 Å². The van der Waals surface area contributed by atoms with Gasteiger partial charge in [-0.15, -0.1) is 0 Å². The molecule has 0 amide bonds. The van der Waals surface area contributed by atoms with Crippen molar-refractivity contribution >= 4 is 27.0 Å². The van der Waals surface area contributed by atoms with Crippen molar-refractivity contribution in [2.45, 2.75) is 32.2 Å². The molecule has 1 aliphatic rings. The Labute approximate surface area is 121 Å². The number of hydrogen-bond donors (Lipinski definition) is 0. The van der Waals surface area contributed by atoms with E-state index >= 15 is 0 Å². The van der Waals surface area contributed by atoms with Crippen LogP contribution in [0.2, 0.25) is 0 Å². The summed E-state index contributed by atoms with van der Waals surface area (Å²) < 4.78 is 2.25. The first-order valence-corrected chi connectivity index (χ1v) is 7.77. The summed E-state index contributed by atoms with van der Waals surface area (Å²) >= 11 is 3.66. The topological polar surface area (TPSA) is 41.6 Å². The molecular formula is C15H16BrN3. The van der Waals surface area contributed by atoms with Gasteiger partial charge in [0.25, 0.3) is 0 Å². The Morgan fingerprint density at radius 2 is 2.16 bits per heavy atom. The Bertz CT molecular complexity index is 629. The molecule has 4 heteroatoms. The highest BCUT2D eigenvalue weighted by Gasteiger charge is 2.37. The standard InChI is InChI=1S/C15H16BrN3/c16-10-15(7-3-8-15)11-19-13-5-2-1-4-12(13)18-14(19)6-9-17/h1-2,4-5H,3,6-8,10-11H2. The summed E-state index contributed by atoms with van der Waals surface area (Å²) in [5.74, 6) is 0.899. The molecule has 1 aliphatic carbocycles. The van der Waals surface area contributed by atoms with Crippen LogP contribution in [0.5, 0.6) is 0 Å². The third kappa shape index (κ3) is 2.17. The van der Waals surface area contributed by atoms with Gasteiger partial charge in [0.1, 0.15) is 5.82 Å². The normalized spacial score (nSPS) is 17.1. The lowest BCUT2D eigenvalue weighted by Gasteiger charge is -2.41. The van der Waals surface area contributed by atoms with Gasteiger partial charge in [-0.1, -0.05) is 34.5 Å². The number of imidazole rings is 1. The van der Waals surface area contributed by atoms with Crippen molar-refractivity contribution in [1.82, 2.24) is 9.55 Å². The number of para-hydroxylation sites is 2. The van der Waals surface area contributed by atoms with E-state index < -0.39 is 0 Å². The van der Waals surface area contributed by atoms with E-state index in [0.717, 1.165) is 28.7 Å². The number of alkyl halides is 1. The van der Waals surface area contributed by atoms with Gasteiger partial charge in [-0.05, 0) is 30.4 Å². The second-order valence-corrected chi connectivity index (χ2v) is 5.99. The smallest absolute Gasteiger partial charge is 0.124 e. The largest absolute Gasteiger partial charge is 0.327 e. The monoisotopic (exact) mass is 317 g/mol. The third-order valence-electron chi connectivity index (χ3n) is 4.16. The number of nitriles is 1. The van der Waals surface area contributed by atoms with Gasteiger partial charge in [0, 0.05) is 11.9 Å². The molecule has 3 rings (SSSR count). The maximum Gasteiger partial charge on any atom is 0.124 e. The molecule has 1 heterocycles. The summed E-state index contributed by atoms with van der Waals surface area (Å²) in [5.41, 5.74) is 2.50. The summed E-state index contributed by atoms with van der Waals surface area (Å²) in [6, 6.07) is 10.4. The molecule has 1 aromatic carbocycles. The van der Waals surface area contributed by atoms with Gasteiger partial charge in [-0.2, -0.15) is 5.26 Å². The van der Waals surface area contributed by atoms with Crippen LogP contribution in [0.15, 0.2) is 24.3 Å². The minimum Gasteiger partial charge on any atom is -0.327 e. The molecule has 1 aromatic heterocycles. The number of fused-ring (bicyclic) bond motifs is 1. The highest BCUT2D eigenvalue weighted by atomic mass is 79.9. The lowest BCUT2D eigenvalue weighted by molar-refractivity contribution is 0.141. The second-order valence-electron chi connectivity index (χ2n) is 5.42. The summed E-state index contributed by atoms with van der Waals surface area (Å²) in [7, 11) is 0. The predicted octanol–water partition coefficient (Wildman–Crippen LogP) is 3.67. The molecular weight excluding hydrogens is 302 g/mol. The molecule has 0 unspecified atom stereocenters. The van der Waals surface area contributed by atoms with E-state index in [4.69, 9.17) is 5.26 Å². The fourth-order valence-corrected chi connectivity index (χ4v) is 3.59. The van der Waals surface area contributed by atoms with Crippen LogP contribution >= 0.6 is 15.9 Å². The minimum atomic E-state index is 0.355. The van der Waals surface area contributed by atoms with E-state index in [2.05, 4.69) is 37.6 Å². The molecule has 1 fully saturated rings. The highest BCUT2D eigenvalue weighted by Crippen LogP contribution is 2.44. The average molecular weight is 318 g/mol. The summed E-state index contributed by atoms with van der Waals surface area (Å²) in [6.45, 7) is 0.968. The third-order valence-corrected chi connectivity index (χ3v) is 5.35. The summed E-state index contributed by atoms with van der Waals surface area (Å²) in [4.78, 5) is 4.60. The van der Waals surface area contributed by atoms with E-state index in [1.165, 1.54) is 19.3 Å². The molecule has 0 spiro atoms. The van der Waals surface area contributed by atoms with Gasteiger partial charge in [-0.3, -0.25) is 0 Å². The summed E-state index contributed by atoms with van der Waals surface area (Å²) in [6.07, 6.45) is 4.21. The van der Waals surface area contributed by atoms with Gasteiger partial charge in [0.05, 0.1) is 23.5 Å². The van der Waals surface area contributed by atoms with Crippen molar-refractivity contribution in [3.8, 4) is 6.07 Å². The van der Waals surface area contributed by atoms with Gasteiger partial charge in [0.15, 0.2) is 0 Å². The van der Waals surface area contributed by atoms with Crippen molar-refractivity contribution in [1.29, 1.82) is 5.26 Å². The predicted molar refractivity (Wildman–Crippen MR) is 79.1 cm³/mol. The molecule has 1 saturated carbocycles. The average Bonchev–Trinajstić information content (AvgIpc) is 2.72. The number of rotatable bonds is 4. The Morgan fingerprint density at radius 3 is 2.79 bits per heavy atom. The molecule has 98 valence electrons. The molecule has 0 saturated heterocycles. The molecule has 0 atom stereocenters. The fraction of sp³-hybridized carbons (Fsp3) is 0.467. The van der Waals surface area contributed by atoms with E-state index in [1.54, 1.807) is 0 Å². The van der Waals surface area contributed by atoms with Crippen LogP contribution in [0.3, 0.4) is 0 Å². The Hall–Kier alpha value is -1.34. The molecule has 19 heavy (non-hydrogen) atoms. The number of halogens is 1. The number of benzene rings is 1. The molecule has 2 aromatic rings. The van der Waals surface area contributed by atoms with Crippen LogP contribution in [0.4, 0.5) is 0 Å². The zero-order chi connectivity index (χ0) is 13.3. The van der Waals surface area contributed by atoms with Crippen LogP contribution in [0.25, 0.3) is 11.0 Å². The SMILES string of the molecule is N#CCc1nc2ccccc2n1CC1(CBr)CCC1. The second kappa shape index (κ2) is 4.97. The molecule has 3 nitrogen and oxygen atoms in total. The van der Waals surface area contributed by atoms with Crippen LogP contribution in [-0.2, 0) is 13.0 Å². The van der Waals surface area contributed by atoms with Crippen molar-refractivity contribution in [2.24, 2.45) is 5.41 Å². The Morgan fingerprint density at radius 1 is 1.37 bits per heavy atom. The first-order chi connectivity index (χ1) is 9.28. The van der Waals surface area contributed by atoms with E-state index in [9.17, 15) is 0 Å². The zero-order valence-corrected chi connectivity index (χ0v) is 12.4. The summed E-state index contributed by atoms with van der Waals surface area (Å²) in [5, 5.41) is 10.0. The van der Waals surface area contributed by atoms with Gasteiger partial charge < -0.3 is 4.57 Å². The van der Waals surface area contributed by atoms with Crippen LogP contribution in [0.1, 0.15) is 25.1 Å². The van der Waals surface area contributed by atoms with Crippen LogP contribution < -0.4 is 0 Å². The number of hydrogen-bond acceptors (Lipinski definition) is 2. The van der Waals surface area contributed by atoms with Crippen molar-refractivity contribution < 1.29 is 0 Å². The molecule has 0 aliphatic heterocycles. The molecule has 0 N–H and O–H groups in total. The lowest BCUT2D eigenvalue weighted by Crippen LogP contribution is -2.36. The van der Waals surface area contributed by atoms with Gasteiger partial charge in [-0.25, -0.2) is 4.98 Å². The maximum absolute atomic E-state index is 8.98. The Kier molecular flexibility index (Phi) is 3.32. The first kappa shape index (κ1) is 12.7. The van der Waals surface area contributed by atoms with E-state index in [0.29, 0.717) is 11.8 Å². The number of aromatic nitrogens is 2. The van der Waals surface area contributed by atoms with Crippen LogP contribution in [0, 0.1) is 16.7 Å². The van der Waals surface area contributed by atoms with Crippen molar-refractivity contribution in [3.63, 3.8) is 0 Å². The van der Waals surface area contributed by atoms with Crippen molar-refractivity contribution in [3.05, 3.63) is 30.1 Å².